The molecule has 0 aliphatic heterocycles. The number of anilines is 1. The Morgan fingerprint density at radius 2 is 2.33 bits per heavy atom. The summed E-state index contributed by atoms with van der Waals surface area (Å²) < 4.78 is 5.48. The molecule has 0 bridgehead atoms. The van der Waals surface area contributed by atoms with Gasteiger partial charge in [-0.25, -0.2) is 4.98 Å². The summed E-state index contributed by atoms with van der Waals surface area (Å²) in [7, 11) is 0. The van der Waals surface area contributed by atoms with Crippen LogP contribution in [-0.2, 0) is 0 Å². The number of rotatable bonds is 4. The van der Waals surface area contributed by atoms with Gasteiger partial charge in [0.2, 0.25) is 0 Å². The number of oxazole rings is 1. The number of hydrogen-bond donors (Lipinski definition) is 2. The lowest BCUT2D eigenvalue weighted by molar-refractivity contribution is 0.296. The molecule has 0 atom stereocenters. The average molecular weight is 224 g/mol. The maximum atomic E-state index is 8.64. The molecule has 0 unspecified atom stereocenters. The van der Waals surface area contributed by atoms with E-state index in [1.165, 1.54) is 11.8 Å². The number of thioether (sulfide) groups is 1. The molecule has 4 nitrogen and oxygen atoms in total. The third-order valence-electron chi connectivity index (χ3n) is 1.92. The fraction of sp³-hybridized carbons (Fsp3) is 0.300. The number of nitrogens with two attached hydrogens (primary N) is 1. The molecule has 0 aliphatic carbocycles. The third-order valence-corrected chi connectivity index (χ3v) is 2.83. The first-order valence-corrected chi connectivity index (χ1v) is 5.68. The number of nitrogen functional groups attached to an aromatic ring is 1. The summed E-state index contributed by atoms with van der Waals surface area (Å²) in [5.41, 5.74) is 7.84. The van der Waals surface area contributed by atoms with Gasteiger partial charge in [-0.15, -0.1) is 0 Å². The van der Waals surface area contributed by atoms with Crippen LogP contribution in [0.25, 0.3) is 11.1 Å². The molecule has 0 aliphatic rings. The first-order chi connectivity index (χ1) is 7.29. The molecule has 0 saturated heterocycles. The number of aliphatic hydroxyl groups excluding tert-OH is 1. The minimum atomic E-state index is 0.195. The van der Waals surface area contributed by atoms with Gasteiger partial charge in [0.05, 0.1) is 0 Å². The zero-order chi connectivity index (χ0) is 10.7. The monoisotopic (exact) mass is 224 g/mol. The molecule has 1 aromatic carbocycles. The van der Waals surface area contributed by atoms with Crippen LogP contribution in [0.3, 0.4) is 0 Å². The van der Waals surface area contributed by atoms with Crippen LogP contribution in [-0.4, -0.2) is 22.5 Å². The summed E-state index contributed by atoms with van der Waals surface area (Å²) in [4.78, 5) is 4.28. The molecule has 0 spiro atoms. The molecular weight excluding hydrogens is 212 g/mol. The lowest BCUT2D eigenvalue weighted by Gasteiger charge is -1.91. The normalized spacial score (nSPS) is 11.0. The van der Waals surface area contributed by atoms with E-state index in [1.807, 2.05) is 6.07 Å². The van der Waals surface area contributed by atoms with Crippen LogP contribution in [0.4, 0.5) is 5.69 Å². The summed E-state index contributed by atoms with van der Waals surface area (Å²) >= 11 is 1.50. The lowest BCUT2D eigenvalue weighted by atomic mass is 10.3. The van der Waals surface area contributed by atoms with E-state index >= 15 is 0 Å². The summed E-state index contributed by atoms with van der Waals surface area (Å²) in [5.74, 6) is 0.804. The van der Waals surface area contributed by atoms with Crippen LogP contribution in [0.2, 0.25) is 0 Å². The average Bonchev–Trinajstić information content (AvgIpc) is 2.60. The molecule has 0 saturated carbocycles. The second-order valence-electron chi connectivity index (χ2n) is 3.13. The maximum absolute atomic E-state index is 8.64. The van der Waals surface area contributed by atoms with Crippen molar-refractivity contribution in [3.8, 4) is 0 Å². The van der Waals surface area contributed by atoms with Crippen molar-refractivity contribution in [2.75, 3.05) is 18.1 Å². The van der Waals surface area contributed by atoms with Gasteiger partial charge in [0.1, 0.15) is 5.52 Å². The summed E-state index contributed by atoms with van der Waals surface area (Å²) in [6, 6.07) is 5.39. The highest BCUT2D eigenvalue weighted by Gasteiger charge is 2.05. The Labute approximate surface area is 91.5 Å². The highest BCUT2D eigenvalue weighted by Crippen LogP contribution is 2.24. The van der Waals surface area contributed by atoms with Crippen LogP contribution < -0.4 is 5.73 Å². The molecule has 2 aromatic rings. The molecule has 1 aromatic heterocycles. The van der Waals surface area contributed by atoms with E-state index in [2.05, 4.69) is 4.98 Å². The number of benzene rings is 1. The minimum absolute atomic E-state index is 0.195. The molecule has 3 N–H and O–H groups in total. The van der Waals surface area contributed by atoms with Gasteiger partial charge in [-0.3, -0.25) is 0 Å². The van der Waals surface area contributed by atoms with Gasteiger partial charge >= 0.3 is 0 Å². The molecule has 0 fully saturated rings. The van der Waals surface area contributed by atoms with E-state index in [-0.39, 0.29) is 6.61 Å². The summed E-state index contributed by atoms with van der Waals surface area (Å²) in [6.45, 7) is 0.195. The highest BCUT2D eigenvalue weighted by molar-refractivity contribution is 7.99. The van der Waals surface area contributed by atoms with Gasteiger partial charge in [0.25, 0.3) is 5.22 Å². The Kier molecular flexibility index (Phi) is 3.13. The van der Waals surface area contributed by atoms with Gasteiger partial charge in [-0.2, -0.15) is 0 Å². The van der Waals surface area contributed by atoms with E-state index in [0.717, 1.165) is 23.3 Å². The first-order valence-electron chi connectivity index (χ1n) is 4.69. The van der Waals surface area contributed by atoms with E-state index in [4.69, 9.17) is 15.3 Å². The van der Waals surface area contributed by atoms with Crippen LogP contribution in [0.15, 0.2) is 27.8 Å². The van der Waals surface area contributed by atoms with Crippen LogP contribution in [0, 0.1) is 0 Å². The van der Waals surface area contributed by atoms with E-state index in [1.54, 1.807) is 12.1 Å². The lowest BCUT2D eigenvalue weighted by Crippen LogP contribution is -1.85. The molecule has 0 radical (unpaired) electrons. The largest absolute Gasteiger partial charge is 0.431 e. The smallest absolute Gasteiger partial charge is 0.256 e. The van der Waals surface area contributed by atoms with Gasteiger partial charge in [0, 0.05) is 18.0 Å². The van der Waals surface area contributed by atoms with Gasteiger partial charge < -0.3 is 15.3 Å². The predicted molar refractivity (Wildman–Crippen MR) is 60.8 cm³/mol. The van der Waals surface area contributed by atoms with E-state index in [0.29, 0.717) is 10.9 Å². The predicted octanol–water partition coefficient (Wildman–Crippen LogP) is 1.88. The fourth-order valence-corrected chi connectivity index (χ4v) is 1.97. The van der Waals surface area contributed by atoms with Crippen molar-refractivity contribution in [1.29, 1.82) is 0 Å². The molecule has 2 rings (SSSR count). The Balaban J connectivity index is 2.16. The number of aromatic nitrogens is 1. The van der Waals surface area contributed by atoms with Crippen LogP contribution in [0.5, 0.6) is 0 Å². The van der Waals surface area contributed by atoms with E-state index < -0.39 is 0 Å². The van der Waals surface area contributed by atoms with Crippen LogP contribution >= 0.6 is 11.8 Å². The zero-order valence-corrected chi connectivity index (χ0v) is 8.96. The number of fused-ring (bicyclic) bond motifs is 1. The molecule has 1 heterocycles. The maximum Gasteiger partial charge on any atom is 0.256 e. The fourth-order valence-electron chi connectivity index (χ4n) is 1.21. The van der Waals surface area contributed by atoms with Crippen molar-refractivity contribution in [1.82, 2.24) is 4.98 Å². The Morgan fingerprint density at radius 3 is 3.13 bits per heavy atom. The van der Waals surface area contributed by atoms with Crippen molar-refractivity contribution in [3.05, 3.63) is 18.2 Å². The number of aliphatic hydroxyl groups is 1. The highest BCUT2D eigenvalue weighted by atomic mass is 32.2. The van der Waals surface area contributed by atoms with Crippen LogP contribution in [0.1, 0.15) is 6.42 Å². The molecule has 5 heteroatoms. The standard InChI is InChI=1S/C10H12N2O2S/c11-7-2-3-9-8(6-7)12-10(14-9)15-5-1-4-13/h2-3,6,13H,1,4-5,11H2. The van der Waals surface area contributed by atoms with Gasteiger partial charge in [0.15, 0.2) is 5.58 Å². The topological polar surface area (TPSA) is 72.3 Å². The Morgan fingerprint density at radius 1 is 1.47 bits per heavy atom. The van der Waals surface area contributed by atoms with Crippen molar-refractivity contribution in [3.63, 3.8) is 0 Å². The SMILES string of the molecule is Nc1ccc2oc(SCCCO)nc2c1. The minimum Gasteiger partial charge on any atom is -0.431 e. The molecule has 0 amide bonds. The molecule has 80 valence electrons. The second-order valence-corrected chi connectivity index (χ2v) is 4.18. The van der Waals surface area contributed by atoms with Crippen molar-refractivity contribution >= 4 is 28.5 Å². The molecule has 15 heavy (non-hydrogen) atoms. The van der Waals surface area contributed by atoms with Gasteiger partial charge in [-0.05, 0) is 24.6 Å². The van der Waals surface area contributed by atoms with E-state index in [9.17, 15) is 0 Å². The summed E-state index contributed by atoms with van der Waals surface area (Å²) in [6.07, 6.45) is 0.742. The second kappa shape index (κ2) is 4.55. The first kappa shape index (κ1) is 10.3. The molecular formula is C10H12N2O2S. The third kappa shape index (κ3) is 2.43. The Bertz CT molecular complexity index is 456. The van der Waals surface area contributed by atoms with Crippen molar-refractivity contribution in [2.45, 2.75) is 11.6 Å². The zero-order valence-electron chi connectivity index (χ0n) is 8.14. The Hall–Kier alpha value is -1.20. The number of nitrogens with zero attached hydrogens (tertiary/aromatic N) is 1. The van der Waals surface area contributed by atoms with Crippen molar-refractivity contribution < 1.29 is 9.52 Å². The van der Waals surface area contributed by atoms with Gasteiger partial charge in [-0.1, -0.05) is 11.8 Å². The summed E-state index contributed by atoms with van der Waals surface area (Å²) in [5, 5.41) is 9.27. The quantitative estimate of drug-likeness (QED) is 0.471. The number of hydrogen-bond acceptors (Lipinski definition) is 5. The van der Waals surface area contributed by atoms with Crippen molar-refractivity contribution in [2.24, 2.45) is 0 Å².